The molecule has 0 saturated heterocycles. The number of halogens is 1. The summed E-state index contributed by atoms with van der Waals surface area (Å²) in [4.78, 5) is 22.8. The highest BCUT2D eigenvalue weighted by Crippen LogP contribution is 2.17. The van der Waals surface area contributed by atoms with Crippen molar-refractivity contribution in [1.29, 1.82) is 0 Å². The molecule has 0 aliphatic rings. The monoisotopic (exact) mass is 254 g/mol. The van der Waals surface area contributed by atoms with E-state index in [-0.39, 0.29) is 29.8 Å². The van der Waals surface area contributed by atoms with E-state index in [1.54, 1.807) is 7.05 Å². The number of benzene rings is 1. The third-order valence-corrected chi connectivity index (χ3v) is 2.53. The Balaban J connectivity index is 2.78. The van der Waals surface area contributed by atoms with Crippen LogP contribution < -0.4 is 5.73 Å². The van der Waals surface area contributed by atoms with Crippen LogP contribution in [-0.4, -0.2) is 42.4 Å². The van der Waals surface area contributed by atoms with Crippen molar-refractivity contribution in [2.45, 2.75) is 6.42 Å². The molecule has 0 radical (unpaired) electrons. The largest absolute Gasteiger partial charge is 0.480 e. The number of nitrogens with zero attached hydrogens (tertiary/aromatic N) is 1. The molecule has 0 saturated carbocycles. The predicted molar refractivity (Wildman–Crippen MR) is 65.0 cm³/mol. The van der Waals surface area contributed by atoms with Crippen molar-refractivity contribution >= 4 is 17.9 Å². The molecule has 0 amide bonds. The van der Waals surface area contributed by atoms with Crippen molar-refractivity contribution in [2.75, 3.05) is 25.9 Å². The van der Waals surface area contributed by atoms with Gasteiger partial charge in [-0.2, -0.15) is 0 Å². The van der Waals surface area contributed by atoms with Crippen molar-refractivity contribution in [3.05, 3.63) is 29.1 Å². The molecule has 6 heteroatoms. The molecule has 0 atom stereocenters. The van der Waals surface area contributed by atoms with Gasteiger partial charge >= 0.3 is 5.97 Å². The van der Waals surface area contributed by atoms with E-state index in [1.165, 1.54) is 11.0 Å². The van der Waals surface area contributed by atoms with Gasteiger partial charge in [-0.25, -0.2) is 4.39 Å². The average molecular weight is 254 g/mol. The van der Waals surface area contributed by atoms with Gasteiger partial charge in [0.15, 0.2) is 6.29 Å². The molecule has 5 nitrogen and oxygen atoms in total. The Morgan fingerprint density at radius 2 is 2.22 bits per heavy atom. The first-order chi connectivity index (χ1) is 8.43. The molecule has 1 aromatic carbocycles. The normalized spacial score (nSPS) is 10.6. The summed E-state index contributed by atoms with van der Waals surface area (Å²) < 4.78 is 13.6. The topological polar surface area (TPSA) is 83.6 Å². The molecule has 98 valence electrons. The minimum Gasteiger partial charge on any atom is -0.480 e. The van der Waals surface area contributed by atoms with E-state index in [0.29, 0.717) is 12.8 Å². The Labute approximate surface area is 104 Å². The Kier molecular flexibility index (Phi) is 4.79. The van der Waals surface area contributed by atoms with Gasteiger partial charge in [0.05, 0.1) is 6.54 Å². The number of carbonyl (C=O) groups excluding carboxylic acids is 1. The molecule has 0 unspecified atom stereocenters. The van der Waals surface area contributed by atoms with Crippen LogP contribution in [0.5, 0.6) is 0 Å². The number of aldehydes is 1. The zero-order chi connectivity index (χ0) is 13.7. The van der Waals surface area contributed by atoms with Crippen LogP contribution in [0.2, 0.25) is 0 Å². The van der Waals surface area contributed by atoms with E-state index < -0.39 is 11.8 Å². The number of rotatable bonds is 6. The zero-order valence-electron chi connectivity index (χ0n) is 10.0. The van der Waals surface area contributed by atoms with Crippen molar-refractivity contribution < 1.29 is 19.1 Å². The Hall–Kier alpha value is -1.95. The molecular weight excluding hydrogens is 239 g/mol. The summed E-state index contributed by atoms with van der Waals surface area (Å²) in [5.41, 5.74) is 6.10. The summed E-state index contributed by atoms with van der Waals surface area (Å²) in [5.74, 6) is -1.49. The first kappa shape index (κ1) is 14.1. The average Bonchev–Trinajstić information content (AvgIpc) is 2.25. The summed E-state index contributed by atoms with van der Waals surface area (Å²) in [6.07, 6.45) is 0.802. The van der Waals surface area contributed by atoms with Crippen molar-refractivity contribution in [2.24, 2.45) is 0 Å². The number of hydrogen-bond acceptors (Lipinski definition) is 4. The third-order valence-electron chi connectivity index (χ3n) is 2.53. The fraction of sp³-hybridized carbons (Fsp3) is 0.333. The smallest absolute Gasteiger partial charge is 0.317 e. The number of carbonyl (C=O) groups is 2. The van der Waals surface area contributed by atoms with E-state index in [0.717, 1.165) is 6.07 Å². The van der Waals surface area contributed by atoms with Gasteiger partial charge in [0.2, 0.25) is 0 Å². The fourth-order valence-corrected chi connectivity index (χ4v) is 1.66. The number of nitrogen functional groups attached to an aromatic ring is 1. The lowest BCUT2D eigenvalue weighted by Gasteiger charge is -2.15. The van der Waals surface area contributed by atoms with E-state index in [1.807, 2.05) is 0 Å². The van der Waals surface area contributed by atoms with Crippen molar-refractivity contribution in [3.63, 3.8) is 0 Å². The van der Waals surface area contributed by atoms with E-state index in [9.17, 15) is 14.0 Å². The van der Waals surface area contributed by atoms with Crippen LogP contribution in [0.25, 0.3) is 0 Å². The number of hydrogen-bond donors (Lipinski definition) is 2. The Bertz CT molecular complexity index is 463. The van der Waals surface area contributed by atoms with Crippen LogP contribution in [0.1, 0.15) is 15.9 Å². The number of likely N-dealkylation sites (N-methyl/N-ethyl adjacent to an activating group) is 1. The number of carboxylic acid groups (broad SMARTS) is 1. The fourth-order valence-electron chi connectivity index (χ4n) is 1.66. The maximum absolute atomic E-state index is 13.6. The Morgan fingerprint density at radius 1 is 1.56 bits per heavy atom. The van der Waals surface area contributed by atoms with Crippen LogP contribution in [0, 0.1) is 5.82 Å². The number of anilines is 1. The lowest BCUT2D eigenvalue weighted by Crippen LogP contribution is -2.28. The van der Waals surface area contributed by atoms with Gasteiger partial charge in [-0.3, -0.25) is 14.5 Å². The highest BCUT2D eigenvalue weighted by molar-refractivity contribution is 5.79. The Morgan fingerprint density at radius 3 is 2.78 bits per heavy atom. The second-order valence-corrected chi connectivity index (χ2v) is 4.07. The second-order valence-electron chi connectivity index (χ2n) is 4.07. The van der Waals surface area contributed by atoms with E-state index >= 15 is 0 Å². The number of aliphatic carboxylic acids is 1. The second kappa shape index (κ2) is 6.11. The molecule has 0 fully saturated rings. The third kappa shape index (κ3) is 3.81. The molecule has 0 aliphatic heterocycles. The standard InChI is InChI=1S/C12H15FN2O3/c1-15(6-12(17)18)3-2-10-8(7-16)4-9(14)5-11(10)13/h4-5,7H,2-3,6,14H2,1H3,(H,17,18). The zero-order valence-corrected chi connectivity index (χ0v) is 10.0. The highest BCUT2D eigenvalue weighted by atomic mass is 19.1. The van der Waals surface area contributed by atoms with Gasteiger partial charge in [0.25, 0.3) is 0 Å². The molecule has 0 spiro atoms. The molecule has 18 heavy (non-hydrogen) atoms. The van der Waals surface area contributed by atoms with Crippen LogP contribution >= 0.6 is 0 Å². The van der Waals surface area contributed by atoms with Crippen LogP contribution in [0.4, 0.5) is 10.1 Å². The molecular formula is C12H15FN2O3. The van der Waals surface area contributed by atoms with Crippen LogP contribution in [-0.2, 0) is 11.2 Å². The summed E-state index contributed by atoms with van der Waals surface area (Å²) in [5, 5.41) is 8.58. The summed E-state index contributed by atoms with van der Waals surface area (Å²) >= 11 is 0. The molecule has 1 aromatic rings. The first-order valence-corrected chi connectivity index (χ1v) is 5.37. The lowest BCUT2D eigenvalue weighted by atomic mass is 10.0. The van der Waals surface area contributed by atoms with Gasteiger partial charge in [-0.05, 0) is 31.2 Å². The molecule has 3 N–H and O–H groups in total. The molecule has 0 heterocycles. The lowest BCUT2D eigenvalue weighted by molar-refractivity contribution is -0.137. The van der Waals surface area contributed by atoms with Crippen LogP contribution in [0.15, 0.2) is 12.1 Å². The summed E-state index contributed by atoms with van der Waals surface area (Å²) in [6, 6.07) is 2.56. The van der Waals surface area contributed by atoms with Gasteiger partial charge in [0, 0.05) is 17.8 Å². The molecule has 0 aliphatic carbocycles. The van der Waals surface area contributed by atoms with Gasteiger partial charge in [-0.1, -0.05) is 0 Å². The number of carboxylic acids is 1. The SMILES string of the molecule is CN(CCc1c(F)cc(N)cc1C=O)CC(=O)O. The van der Waals surface area contributed by atoms with Crippen molar-refractivity contribution in [1.82, 2.24) is 4.90 Å². The quantitative estimate of drug-likeness (QED) is 0.579. The highest BCUT2D eigenvalue weighted by Gasteiger charge is 2.11. The minimum absolute atomic E-state index is 0.132. The summed E-state index contributed by atoms with van der Waals surface area (Å²) in [7, 11) is 1.61. The van der Waals surface area contributed by atoms with Crippen LogP contribution in [0.3, 0.4) is 0 Å². The predicted octanol–water partition coefficient (Wildman–Crippen LogP) is 0.779. The van der Waals surface area contributed by atoms with Crippen molar-refractivity contribution in [3.8, 4) is 0 Å². The molecule has 0 aromatic heterocycles. The minimum atomic E-state index is -0.953. The van der Waals surface area contributed by atoms with E-state index in [2.05, 4.69) is 0 Å². The summed E-state index contributed by atoms with van der Waals surface area (Å²) in [6.45, 7) is 0.209. The maximum atomic E-state index is 13.6. The van der Waals surface area contributed by atoms with E-state index in [4.69, 9.17) is 10.8 Å². The number of nitrogens with two attached hydrogens (primary N) is 1. The van der Waals surface area contributed by atoms with Gasteiger partial charge in [-0.15, -0.1) is 0 Å². The first-order valence-electron chi connectivity index (χ1n) is 5.37. The van der Waals surface area contributed by atoms with Gasteiger partial charge < -0.3 is 10.8 Å². The molecule has 0 bridgehead atoms. The molecule has 1 rings (SSSR count). The maximum Gasteiger partial charge on any atom is 0.317 e. The van der Waals surface area contributed by atoms with Gasteiger partial charge in [0.1, 0.15) is 5.82 Å².